The number of hydrogen-bond donors (Lipinski definition) is 3. The van der Waals surface area contributed by atoms with Gasteiger partial charge in [-0.15, -0.1) is 0 Å². The van der Waals surface area contributed by atoms with Crippen LogP contribution in [-0.2, 0) is 0 Å². The van der Waals surface area contributed by atoms with Gasteiger partial charge in [0.25, 0.3) is 0 Å². The summed E-state index contributed by atoms with van der Waals surface area (Å²) in [6, 6.07) is 15.8. The molecule has 3 rings (SSSR count). The fourth-order valence-corrected chi connectivity index (χ4v) is 2.85. The molecule has 0 aromatic heterocycles. The first-order valence-corrected chi connectivity index (χ1v) is 8.97. The molecule has 2 aromatic carbocycles. The number of hydrogen-bond acceptors (Lipinski definition) is 3. The monoisotopic (exact) mass is 416 g/mol. The number of benzene rings is 2. The van der Waals surface area contributed by atoms with Crippen LogP contribution >= 0.6 is 27.5 Å². The number of nitrogens with one attached hydrogen (secondary N) is 3. The van der Waals surface area contributed by atoms with Crippen molar-refractivity contribution in [3.8, 4) is 0 Å². The van der Waals surface area contributed by atoms with Crippen LogP contribution in [0.1, 0.15) is 5.56 Å². The van der Waals surface area contributed by atoms with E-state index >= 15 is 0 Å². The molecule has 1 aliphatic rings. The fourth-order valence-electron chi connectivity index (χ4n) is 2.46. The van der Waals surface area contributed by atoms with Crippen molar-refractivity contribution in [2.75, 3.05) is 18.9 Å². The zero-order chi connectivity index (χ0) is 17.6. The molecule has 0 fully saturated rings. The Balaban J connectivity index is 1.88. The summed E-state index contributed by atoms with van der Waals surface area (Å²) >= 11 is 9.42. The van der Waals surface area contributed by atoms with Gasteiger partial charge in [-0.1, -0.05) is 39.7 Å². The normalized spacial score (nSPS) is 15.7. The second-order valence-electron chi connectivity index (χ2n) is 5.48. The summed E-state index contributed by atoms with van der Waals surface area (Å²) in [5, 5.41) is 10.7. The lowest BCUT2D eigenvalue weighted by Gasteiger charge is -2.13. The Labute approximate surface area is 160 Å². The molecule has 0 saturated heterocycles. The van der Waals surface area contributed by atoms with Gasteiger partial charge in [0.05, 0.1) is 6.34 Å². The second-order valence-corrected chi connectivity index (χ2v) is 6.83. The maximum Gasteiger partial charge on any atom is 0.113 e. The molecular formula is C19H18BrClN4. The highest BCUT2D eigenvalue weighted by Crippen LogP contribution is 2.23. The van der Waals surface area contributed by atoms with Gasteiger partial charge in [-0.2, -0.15) is 0 Å². The minimum atomic E-state index is 0.711. The van der Waals surface area contributed by atoms with E-state index in [1.807, 2.05) is 36.4 Å². The van der Waals surface area contributed by atoms with Crippen molar-refractivity contribution in [3.05, 3.63) is 81.1 Å². The minimum Gasteiger partial charge on any atom is -0.380 e. The van der Waals surface area contributed by atoms with E-state index in [4.69, 9.17) is 11.6 Å². The third-order valence-electron chi connectivity index (χ3n) is 3.72. The molecular weight excluding hydrogens is 400 g/mol. The molecule has 0 bridgehead atoms. The van der Waals surface area contributed by atoms with E-state index < -0.39 is 0 Å². The lowest BCUT2D eigenvalue weighted by molar-refractivity contribution is 0.987. The van der Waals surface area contributed by atoms with Gasteiger partial charge in [-0.25, -0.2) is 0 Å². The molecule has 0 saturated carbocycles. The zero-order valence-corrected chi connectivity index (χ0v) is 16.0. The number of halogens is 2. The van der Waals surface area contributed by atoms with Gasteiger partial charge in [-0.05, 0) is 48.0 Å². The molecule has 0 radical (unpaired) electrons. The van der Waals surface area contributed by atoms with Crippen molar-refractivity contribution in [2.45, 2.75) is 0 Å². The second kappa shape index (κ2) is 8.23. The SMILES string of the molecule is CN=CN/C(Nc1ccc(Cl)cc1)=C1/C=C(c2ccc(Br)cc2)NC1. The van der Waals surface area contributed by atoms with Crippen LogP contribution in [0.5, 0.6) is 0 Å². The molecule has 4 nitrogen and oxygen atoms in total. The van der Waals surface area contributed by atoms with Crippen LogP contribution in [0.15, 0.2) is 75.5 Å². The van der Waals surface area contributed by atoms with Crippen LogP contribution in [-0.4, -0.2) is 19.9 Å². The third kappa shape index (κ3) is 4.65. The third-order valence-corrected chi connectivity index (χ3v) is 4.50. The van der Waals surface area contributed by atoms with Gasteiger partial charge in [0, 0.05) is 40.0 Å². The zero-order valence-electron chi connectivity index (χ0n) is 13.7. The van der Waals surface area contributed by atoms with E-state index in [0.29, 0.717) is 5.02 Å². The van der Waals surface area contributed by atoms with Gasteiger partial charge in [0.15, 0.2) is 0 Å². The van der Waals surface area contributed by atoms with E-state index in [1.54, 1.807) is 13.4 Å². The number of aliphatic imine (C=N–C) groups is 1. The van der Waals surface area contributed by atoms with E-state index in [-0.39, 0.29) is 0 Å². The van der Waals surface area contributed by atoms with E-state index in [1.165, 1.54) is 0 Å². The highest BCUT2D eigenvalue weighted by Gasteiger charge is 2.14. The van der Waals surface area contributed by atoms with Gasteiger partial charge in [0.1, 0.15) is 5.82 Å². The summed E-state index contributed by atoms with van der Waals surface area (Å²) in [4.78, 5) is 4.01. The molecule has 0 atom stereocenters. The molecule has 0 amide bonds. The molecule has 3 N–H and O–H groups in total. The summed E-state index contributed by atoms with van der Waals surface area (Å²) < 4.78 is 1.07. The Kier molecular flexibility index (Phi) is 5.79. The average Bonchev–Trinajstić information content (AvgIpc) is 3.11. The van der Waals surface area contributed by atoms with Gasteiger partial charge in [0.2, 0.25) is 0 Å². The smallest absolute Gasteiger partial charge is 0.113 e. The predicted molar refractivity (Wildman–Crippen MR) is 110 cm³/mol. The Morgan fingerprint density at radius 2 is 1.88 bits per heavy atom. The molecule has 0 aliphatic carbocycles. The lowest BCUT2D eigenvalue weighted by Crippen LogP contribution is -2.21. The Morgan fingerprint density at radius 3 is 2.56 bits per heavy atom. The highest BCUT2D eigenvalue weighted by molar-refractivity contribution is 9.10. The lowest BCUT2D eigenvalue weighted by atomic mass is 10.1. The van der Waals surface area contributed by atoms with E-state index in [2.05, 4.69) is 55.1 Å². The Bertz CT molecular complexity index is 824. The van der Waals surface area contributed by atoms with Crippen LogP contribution in [0.4, 0.5) is 5.69 Å². The molecule has 2 aromatic rings. The molecule has 0 spiro atoms. The first-order valence-electron chi connectivity index (χ1n) is 7.80. The molecule has 25 heavy (non-hydrogen) atoms. The van der Waals surface area contributed by atoms with Crippen LogP contribution in [0.3, 0.4) is 0 Å². The molecule has 0 unspecified atom stereocenters. The van der Waals surface area contributed by atoms with Crippen LogP contribution < -0.4 is 16.0 Å². The molecule has 128 valence electrons. The van der Waals surface area contributed by atoms with Crippen molar-refractivity contribution in [1.29, 1.82) is 0 Å². The first-order chi connectivity index (χ1) is 12.2. The number of nitrogens with zero attached hydrogens (tertiary/aromatic N) is 1. The van der Waals surface area contributed by atoms with Crippen LogP contribution in [0.2, 0.25) is 5.02 Å². The van der Waals surface area contributed by atoms with Gasteiger partial charge < -0.3 is 16.0 Å². The Hall–Kier alpha value is -2.24. The van der Waals surface area contributed by atoms with Crippen molar-refractivity contribution in [2.24, 2.45) is 4.99 Å². The van der Waals surface area contributed by atoms with Crippen LogP contribution in [0, 0.1) is 0 Å². The number of anilines is 1. The standard InChI is InChI=1S/C19H18BrClN4/c1-22-12-24-19(25-17-8-6-16(21)7-9-17)14-10-18(23-11-14)13-2-4-15(20)5-3-13/h2-10,12,23,25H,11H2,1H3,(H,22,24)/b19-14+. The quantitative estimate of drug-likeness (QED) is 0.491. The van der Waals surface area contributed by atoms with E-state index in [0.717, 1.165) is 39.4 Å². The molecule has 1 heterocycles. The first kappa shape index (κ1) is 17.6. The highest BCUT2D eigenvalue weighted by atomic mass is 79.9. The van der Waals surface area contributed by atoms with Gasteiger partial charge >= 0.3 is 0 Å². The summed E-state index contributed by atoms with van der Waals surface area (Å²) in [7, 11) is 1.73. The predicted octanol–water partition coefficient (Wildman–Crippen LogP) is 4.62. The summed E-state index contributed by atoms with van der Waals surface area (Å²) in [6.45, 7) is 0.728. The molecule has 1 aliphatic heterocycles. The summed E-state index contributed by atoms with van der Waals surface area (Å²) in [5.74, 6) is 0.882. The fraction of sp³-hybridized carbons (Fsp3) is 0.105. The minimum absolute atomic E-state index is 0.711. The van der Waals surface area contributed by atoms with Crippen molar-refractivity contribution < 1.29 is 0 Å². The van der Waals surface area contributed by atoms with Crippen LogP contribution in [0.25, 0.3) is 5.70 Å². The maximum atomic E-state index is 5.96. The summed E-state index contributed by atoms with van der Waals surface area (Å²) in [5.41, 5.74) is 4.31. The maximum absolute atomic E-state index is 5.96. The Morgan fingerprint density at radius 1 is 1.16 bits per heavy atom. The van der Waals surface area contributed by atoms with E-state index in [9.17, 15) is 0 Å². The summed E-state index contributed by atoms with van der Waals surface area (Å²) in [6.07, 6.45) is 3.80. The largest absolute Gasteiger partial charge is 0.380 e. The molecule has 6 heteroatoms. The van der Waals surface area contributed by atoms with Crippen molar-refractivity contribution in [3.63, 3.8) is 0 Å². The number of rotatable bonds is 5. The topological polar surface area (TPSA) is 48.5 Å². The van der Waals surface area contributed by atoms with Crippen molar-refractivity contribution >= 4 is 45.3 Å². The van der Waals surface area contributed by atoms with Crippen molar-refractivity contribution in [1.82, 2.24) is 10.6 Å². The average molecular weight is 418 g/mol. The van der Waals surface area contributed by atoms with Gasteiger partial charge in [-0.3, -0.25) is 4.99 Å².